The number of halogens is 1. The van der Waals surface area contributed by atoms with Gasteiger partial charge in [0.2, 0.25) is 0 Å². The molecule has 0 atom stereocenters. The quantitative estimate of drug-likeness (QED) is 0.674. The summed E-state index contributed by atoms with van der Waals surface area (Å²) < 4.78 is 13.6. The highest BCUT2D eigenvalue weighted by molar-refractivity contribution is 7.13. The number of nitrogens with one attached hydrogen (secondary N) is 1. The number of hydrogen-bond donors (Lipinski definition) is 1. The third-order valence-corrected chi connectivity index (χ3v) is 3.55. The normalized spacial score (nSPS) is 10.9. The Labute approximate surface area is 121 Å². The zero-order chi connectivity index (χ0) is 14.4. The Hall–Kier alpha value is -2.01. The Morgan fingerprint density at radius 2 is 2.25 bits per heavy atom. The van der Waals surface area contributed by atoms with Gasteiger partial charge in [-0.25, -0.2) is 9.37 Å². The Kier molecular flexibility index (Phi) is 5.01. The van der Waals surface area contributed by atoms with Crippen molar-refractivity contribution < 1.29 is 9.18 Å². The molecule has 0 fully saturated rings. The predicted molar refractivity (Wildman–Crippen MR) is 79.3 cm³/mol. The lowest BCUT2D eigenvalue weighted by Crippen LogP contribution is -2.24. The molecule has 0 aliphatic rings. The summed E-state index contributed by atoms with van der Waals surface area (Å²) in [5.41, 5.74) is 0.749. The molecule has 1 heterocycles. The van der Waals surface area contributed by atoms with Crippen LogP contribution in [0.4, 0.5) is 4.39 Å². The molecule has 0 aliphatic heterocycles. The first-order valence-corrected chi connectivity index (χ1v) is 7.20. The van der Waals surface area contributed by atoms with Crippen molar-refractivity contribution >= 4 is 17.2 Å². The van der Waals surface area contributed by atoms with Crippen molar-refractivity contribution in [1.29, 1.82) is 0 Å². The topological polar surface area (TPSA) is 42.0 Å². The van der Waals surface area contributed by atoms with Crippen molar-refractivity contribution in [3.05, 3.63) is 53.3 Å². The Morgan fingerprint density at radius 3 is 3.00 bits per heavy atom. The van der Waals surface area contributed by atoms with Gasteiger partial charge >= 0.3 is 0 Å². The van der Waals surface area contributed by atoms with E-state index >= 15 is 0 Å². The van der Waals surface area contributed by atoms with Crippen LogP contribution in [0.5, 0.6) is 0 Å². The first kappa shape index (κ1) is 14.4. The average Bonchev–Trinajstić information content (AvgIpc) is 2.93. The van der Waals surface area contributed by atoms with Gasteiger partial charge in [-0.2, -0.15) is 0 Å². The highest BCUT2D eigenvalue weighted by Crippen LogP contribution is 2.25. The fourth-order valence-corrected chi connectivity index (χ4v) is 2.49. The Balaban J connectivity index is 2.05. The number of hydrogen-bond acceptors (Lipinski definition) is 3. The summed E-state index contributed by atoms with van der Waals surface area (Å²) in [6.07, 6.45) is 4.70. The number of thiazole rings is 1. The summed E-state index contributed by atoms with van der Waals surface area (Å²) in [5.74, 6) is -0.560. The molecule has 0 spiro atoms. The number of rotatable bonds is 5. The third-order valence-electron chi connectivity index (χ3n) is 2.67. The third kappa shape index (κ3) is 3.51. The Morgan fingerprint density at radius 1 is 1.45 bits per heavy atom. The van der Waals surface area contributed by atoms with Gasteiger partial charge in [-0.1, -0.05) is 24.3 Å². The van der Waals surface area contributed by atoms with E-state index in [1.54, 1.807) is 23.6 Å². The van der Waals surface area contributed by atoms with Gasteiger partial charge in [0.25, 0.3) is 5.91 Å². The molecule has 0 aliphatic carbocycles. The summed E-state index contributed by atoms with van der Waals surface area (Å²) in [4.78, 5) is 16.0. The van der Waals surface area contributed by atoms with E-state index in [1.807, 2.05) is 19.1 Å². The molecule has 1 aromatic heterocycles. The smallest absolute Gasteiger partial charge is 0.270 e. The van der Waals surface area contributed by atoms with E-state index in [0.717, 1.165) is 6.42 Å². The van der Waals surface area contributed by atoms with E-state index in [-0.39, 0.29) is 11.7 Å². The maximum atomic E-state index is 13.6. The van der Waals surface area contributed by atoms with Crippen LogP contribution in [-0.4, -0.2) is 17.4 Å². The van der Waals surface area contributed by atoms with Gasteiger partial charge < -0.3 is 5.32 Å². The molecule has 0 unspecified atom stereocenters. The molecule has 0 saturated heterocycles. The molecule has 0 bridgehead atoms. The molecule has 2 aromatic rings. The predicted octanol–water partition coefficient (Wildman–Crippen LogP) is 3.65. The first-order chi connectivity index (χ1) is 9.72. The lowest BCUT2D eigenvalue weighted by atomic mass is 10.2. The summed E-state index contributed by atoms with van der Waals surface area (Å²) in [7, 11) is 0. The van der Waals surface area contributed by atoms with E-state index in [4.69, 9.17) is 0 Å². The zero-order valence-electron chi connectivity index (χ0n) is 11.1. The number of aromatic nitrogens is 1. The zero-order valence-corrected chi connectivity index (χ0v) is 11.9. The molecule has 2 rings (SSSR count). The number of benzene rings is 1. The van der Waals surface area contributed by atoms with E-state index < -0.39 is 0 Å². The first-order valence-electron chi connectivity index (χ1n) is 6.32. The lowest BCUT2D eigenvalue weighted by molar-refractivity contribution is 0.0950. The largest absolute Gasteiger partial charge is 0.350 e. The molecule has 1 N–H and O–H groups in total. The summed E-state index contributed by atoms with van der Waals surface area (Å²) in [6.45, 7) is 2.50. The molecular weight excluding hydrogens is 275 g/mol. The highest BCUT2D eigenvalue weighted by atomic mass is 32.1. The Bertz CT molecular complexity index is 622. The molecule has 20 heavy (non-hydrogen) atoms. The van der Waals surface area contributed by atoms with Crippen LogP contribution in [0.3, 0.4) is 0 Å². The molecule has 104 valence electrons. The van der Waals surface area contributed by atoms with Crippen LogP contribution in [-0.2, 0) is 0 Å². The summed E-state index contributed by atoms with van der Waals surface area (Å²) >= 11 is 1.26. The van der Waals surface area contributed by atoms with Crippen molar-refractivity contribution in [2.24, 2.45) is 0 Å². The number of carbonyl (C=O) groups is 1. The van der Waals surface area contributed by atoms with Gasteiger partial charge in [-0.05, 0) is 25.5 Å². The average molecular weight is 290 g/mol. The summed E-state index contributed by atoms with van der Waals surface area (Å²) in [6, 6.07) is 6.41. The van der Waals surface area contributed by atoms with Gasteiger partial charge in [-0.15, -0.1) is 11.3 Å². The van der Waals surface area contributed by atoms with E-state index in [2.05, 4.69) is 10.3 Å². The van der Waals surface area contributed by atoms with Crippen LogP contribution >= 0.6 is 11.3 Å². The fourth-order valence-electron chi connectivity index (χ4n) is 1.66. The SMILES string of the molecule is C/C=C/CCNC(=O)c1csc(-c2ccccc2F)n1. The second-order valence-corrected chi connectivity index (χ2v) is 4.99. The van der Waals surface area contributed by atoms with Gasteiger partial charge in [0.05, 0.1) is 0 Å². The van der Waals surface area contributed by atoms with Crippen molar-refractivity contribution in [3.63, 3.8) is 0 Å². The van der Waals surface area contributed by atoms with Gasteiger partial charge in [0.1, 0.15) is 16.5 Å². The van der Waals surface area contributed by atoms with E-state index in [1.165, 1.54) is 17.4 Å². The van der Waals surface area contributed by atoms with Crippen LogP contribution in [0, 0.1) is 5.82 Å². The number of nitrogens with zero attached hydrogens (tertiary/aromatic N) is 1. The minimum atomic E-state index is -0.332. The van der Waals surface area contributed by atoms with Crippen LogP contribution in [0.25, 0.3) is 10.6 Å². The van der Waals surface area contributed by atoms with Gasteiger partial charge in [-0.3, -0.25) is 4.79 Å². The monoisotopic (exact) mass is 290 g/mol. The number of carbonyl (C=O) groups excluding carboxylic acids is 1. The maximum absolute atomic E-state index is 13.6. The molecule has 5 heteroatoms. The molecule has 0 radical (unpaired) electrons. The number of amides is 1. The molecule has 3 nitrogen and oxygen atoms in total. The van der Waals surface area contributed by atoms with Crippen LogP contribution < -0.4 is 5.32 Å². The minimum Gasteiger partial charge on any atom is -0.350 e. The molecule has 0 saturated carbocycles. The van der Waals surface area contributed by atoms with Crippen LogP contribution in [0.1, 0.15) is 23.8 Å². The van der Waals surface area contributed by atoms with Crippen LogP contribution in [0.15, 0.2) is 41.8 Å². The fraction of sp³-hybridized carbons (Fsp3) is 0.200. The van der Waals surface area contributed by atoms with Crippen molar-refractivity contribution in [2.45, 2.75) is 13.3 Å². The molecule has 1 amide bonds. The van der Waals surface area contributed by atoms with Crippen molar-refractivity contribution in [1.82, 2.24) is 10.3 Å². The standard InChI is InChI=1S/C15H15FN2OS/c1-2-3-6-9-17-14(19)13-10-20-15(18-13)11-7-4-5-8-12(11)16/h2-5,7-8,10H,6,9H2,1H3,(H,17,19)/b3-2+. The molecular formula is C15H15FN2OS. The maximum Gasteiger partial charge on any atom is 0.270 e. The van der Waals surface area contributed by atoms with E-state index in [9.17, 15) is 9.18 Å². The molecule has 1 aromatic carbocycles. The highest BCUT2D eigenvalue weighted by Gasteiger charge is 2.13. The number of allylic oxidation sites excluding steroid dienone is 1. The summed E-state index contributed by atoms with van der Waals surface area (Å²) in [5, 5.41) is 4.93. The van der Waals surface area contributed by atoms with Crippen molar-refractivity contribution in [3.8, 4) is 10.6 Å². The van der Waals surface area contributed by atoms with E-state index in [0.29, 0.717) is 22.8 Å². The van der Waals surface area contributed by atoms with Crippen LogP contribution in [0.2, 0.25) is 0 Å². The van der Waals surface area contributed by atoms with Gasteiger partial charge in [0.15, 0.2) is 0 Å². The second-order valence-electron chi connectivity index (χ2n) is 4.13. The minimum absolute atomic E-state index is 0.228. The lowest BCUT2D eigenvalue weighted by Gasteiger charge is -2.00. The van der Waals surface area contributed by atoms with Gasteiger partial charge in [0, 0.05) is 17.5 Å². The van der Waals surface area contributed by atoms with Crippen molar-refractivity contribution in [2.75, 3.05) is 6.54 Å². The second kappa shape index (κ2) is 6.96.